The van der Waals surface area contributed by atoms with Crippen molar-refractivity contribution in [1.82, 2.24) is 4.90 Å². The van der Waals surface area contributed by atoms with Crippen LogP contribution in [-0.2, 0) is 0 Å². The Morgan fingerprint density at radius 2 is 1.44 bits per heavy atom. The molecule has 0 aromatic rings. The maximum atomic E-state index is 6.13. The highest BCUT2D eigenvalue weighted by Gasteiger charge is 2.36. The minimum absolute atomic E-state index is 0.511. The summed E-state index contributed by atoms with van der Waals surface area (Å²) in [6, 6.07) is 1.44. The number of nitrogens with zero attached hydrogens (tertiary/aromatic N) is 1. The lowest BCUT2D eigenvalue weighted by atomic mass is 9.75. The molecule has 3 aliphatic rings. The van der Waals surface area contributed by atoms with Gasteiger partial charge in [-0.15, -0.1) is 0 Å². The summed E-state index contributed by atoms with van der Waals surface area (Å²) in [5, 5.41) is 0. The van der Waals surface area contributed by atoms with Gasteiger partial charge >= 0.3 is 0 Å². The average Bonchev–Trinajstić information content (AvgIpc) is 2.28. The van der Waals surface area contributed by atoms with Crippen molar-refractivity contribution in [2.24, 2.45) is 17.6 Å². The van der Waals surface area contributed by atoms with E-state index < -0.39 is 0 Å². The minimum atomic E-state index is 0.511. The Hall–Kier alpha value is -0.0800. The molecule has 3 fully saturated rings. The number of nitrogens with two attached hydrogens (primary N) is 1. The Bertz CT molecular complexity index is 217. The minimum Gasteiger partial charge on any atom is -0.328 e. The van der Waals surface area contributed by atoms with Gasteiger partial charge in [-0.05, 0) is 43.9 Å². The zero-order valence-corrected chi connectivity index (χ0v) is 10.4. The monoisotopic (exact) mass is 222 g/mol. The molecule has 1 saturated heterocycles. The topological polar surface area (TPSA) is 29.3 Å². The van der Waals surface area contributed by atoms with E-state index in [1.807, 2.05) is 0 Å². The third-order valence-corrected chi connectivity index (χ3v) is 5.02. The fourth-order valence-electron chi connectivity index (χ4n) is 4.40. The zero-order valence-electron chi connectivity index (χ0n) is 10.4. The molecular weight excluding hydrogens is 196 g/mol. The van der Waals surface area contributed by atoms with Gasteiger partial charge in [0.1, 0.15) is 0 Å². The molecule has 1 heterocycles. The summed E-state index contributed by atoms with van der Waals surface area (Å²) in [4.78, 5) is 2.82. The van der Waals surface area contributed by atoms with Crippen molar-refractivity contribution in [3.05, 3.63) is 0 Å². The van der Waals surface area contributed by atoms with Crippen molar-refractivity contribution in [3.63, 3.8) is 0 Å². The second-order valence-electron chi connectivity index (χ2n) is 6.44. The standard InChI is InChI=1S/C14H26N2/c15-13-7-11-6-12(8-13)10-16(9-11)14-4-2-1-3-5-14/h11-14H,1-10,15H2. The summed E-state index contributed by atoms with van der Waals surface area (Å²) < 4.78 is 0. The van der Waals surface area contributed by atoms with Crippen molar-refractivity contribution in [2.75, 3.05) is 13.1 Å². The van der Waals surface area contributed by atoms with E-state index in [4.69, 9.17) is 5.73 Å². The summed E-state index contributed by atoms with van der Waals surface area (Å²) in [5.41, 5.74) is 6.13. The molecule has 1 aliphatic heterocycles. The number of hydrogen-bond acceptors (Lipinski definition) is 2. The van der Waals surface area contributed by atoms with Crippen LogP contribution in [0.5, 0.6) is 0 Å². The van der Waals surface area contributed by atoms with Gasteiger partial charge in [0.25, 0.3) is 0 Å². The van der Waals surface area contributed by atoms with E-state index in [9.17, 15) is 0 Å². The van der Waals surface area contributed by atoms with E-state index >= 15 is 0 Å². The van der Waals surface area contributed by atoms with Gasteiger partial charge in [-0.25, -0.2) is 0 Å². The molecule has 2 aliphatic carbocycles. The Morgan fingerprint density at radius 1 is 0.812 bits per heavy atom. The lowest BCUT2D eigenvalue weighted by molar-refractivity contribution is 0.0339. The van der Waals surface area contributed by atoms with Crippen LogP contribution in [0.1, 0.15) is 51.4 Å². The summed E-state index contributed by atoms with van der Waals surface area (Å²) in [5.74, 6) is 1.84. The molecule has 0 radical (unpaired) electrons. The van der Waals surface area contributed by atoms with Crippen LogP contribution in [0.4, 0.5) is 0 Å². The van der Waals surface area contributed by atoms with E-state index in [1.165, 1.54) is 64.5 Å². The highest BCUT2D eigenvalue weighted by molar-refractivity contribution is 4.91. The Morgan fingerprint density at radius 3 is 2.06 bits per heavy atom. The smallest absolute Gasteiger partial charge is 0.00954 e. The molecule has 2 bridgehead atoms. The van der Waals surface area contributed by atoms with Gasteiger partial charge in [-0.3, -0.25) is 4.90 Å². The van der Waals surface area contributed by atoms with Crippen LogP contribution in [0.15, 0.2) is 0 Å². The first-order valence-electron chi connectivity index (χ1n) is 7.31. The first-order valence-corrected chi connectivity index (χ1v) is 7.31. The summed E-state index contributed by atoms with van der Waals surface area (Å²) in [6.07, 6.45) is 11.4. The third kappa shape index (κ3) is 2.28. The molecule has 16 heavy (non-hydrogen) atoms. The molecule has 0 spiro atoms. The summed E-state index contributed by atoms with van der Waals surface area (Å²) in [6.45, 7) is 2.71. The van der Waals surface area contributed by atoms with Crippen LogP contribution in [0.2, 0.25) is 0 Å². The van der Waals surface area contributed by atoms with Crippen molar-refractivity contribution in [1.29, 1.82) is 0 Å². The normalized spacial score (nSPS) is 42.2. The van der Waals surface area contributed by atoms with Gasteiger partial charge in [-0.2, -0.15) is 0 Å². The Balaban J connectivity index is 1.61. The second-order valence-corrected chi connectivity index (χ2v) is 6.44. The lowest BCUT2D eigenvalue weighted by Gasteiger charge is -2.47. The fraction of sp³-hybridized carbons (Fsp3) is 1.00. The average molecular weight is 222 g/mol. The number of rotatable bonds is 1. The second kappa shape index (κ2) is 4.66. The lowest BCUT2D eigenvalue weighted by Crippen LogP contribution is -2.51. The Kier molecular flexibility index (Phi) is 3.21. The molecule has 92 valence electrons. The molecule has 0 amide bonds. The van der Waals surface area contributed by atoms with Crippen LogP contribution in [0.25, 0.3) is 0 Å². The van der Waals surface area contributed by atoms with Crippen LogP contribution in [-0.4, -0.2) is 30.1 Å². The predicted molar refractivity (Wildman–Crippen MR) is 67.3 cm³/mol. The summed E-state index contributed by atoms with van der Waals surface area (Å²) in [7, 11) is 0. The van der Waals surface area contributed by atoms with Crippen LogP contribution in [0, 0.1) is 11.8 Å². The molecule has 2 heteroatoms. The molecule has 0 aromatic heterocycles. The van der Waals surface area contributed by atoms with Gasteiger partial charge in [0.2, 0.25) is 0 Å². The van der Waals surface area contributed by atoms with Crippen molar-refractivity contribution in [3.8, 4) is 0 Å². The van der Waals surface area contributed by atoms with Gasteiger partial charge in [-0.1, -0.05) is 19.3 Å². The molecular formula is C14H26N2. The number of fused-ring (bicyclic) bond motifs is 2. The van der Waals surface area contributed by atoms with Crippen molar-refractivity contribution in [2.45, 2.75) is 63.5 Å². The van der Waals surface area contributed by atoms with E-state index in [1.54, 1.807) is 0 Å². The van der Waals surface area contributed by atoms with Gasteiger partial charge in [0.05, 0.1) is 0 Å². The van der Waals surface area contributed by atoms with E-state index in [2.05, 4.69) is 4.90 Å². The Labute approximate surface area is 99.6 Å². The van der Waals surface area contributed by atoms with Gasteiger partial charge < -0.3 is 5.73 Å². The third-order valence-electron chi connectivity index (χ3n) is 5.02. The van der Waals surface area contributed by atoms with E-state index in [0.717, 1.165) is 17.9 Å². The largest absolute Gasteiger partial charge is 0.328 e. The van der Waals surface area contributed by atoms with Gasteiger partial charge in [0.15, 0.2) is 0 Å². The van der Waals surface area contributed by atoms with E-state index in [-0.39, 0.29) is 0 Å². The zero-order chi connectivity index (χ0) is 11.0. The summed E-state index contributed by atoms with van der Waals surface area (Å²) >= 11 is 0. The van der Waals surface area contributed by atoms with Crippen LogP contribution >= 0.6 is 0 Å². The molecule has 3 rings (SSSR count). The first kappa shape index (κ1) is 11.0. The molecule has 2 nitrogen and oxygen atoms in total. The molecule has 2 atom stereocenters. The quantitative estimate of drug-likeness (QED) is 0.738. The van der Waals surface area contributed by atoms with E-state index in [0.29, 0.717) is 6.04 Å². The maximum absolute atomic E-state index is 6.13. The fourth-order valence-corrected chi connectivity index (χ4v) is 4.40. The van der Waals surface area contributed by atoms with Crippen LogP contribution in [0.3, 0.4) is 0 Å². The molecule has 2 unspecified atom stereocenters. The SMILES string of the molecule is NC1CC2CC(C1)CN(C1CCCCC1)C2. The highest BCUT2D eigenvalue weighted by atomic mass is 15.2. The molecule has 2 saturated carbocycles. The van der Waals surface area contributed by atoms with Crippen molar-refractivity contribution < 1.29 is 0 Å². The van der Waals surface area contributed by atoms with Crippen molar-refractivity contribution >= 4 is 0 Å². The maximum Gasteiger partial charge on any atom is 0.00954 e. The number of likely N-dealkylation sites (tertiary alicyclic amines) is 1. The first-order chi connectivity index (χ1) is 7.81. The number of piperidine rings is 1. The van der Waals surface area contributed by atoms with Crippen LogP contribution < -0.4 is 5.73 Å². The molecule has 2 N–H and O–H groups in total. The molecule has 0 aromatic carbocycles. The highest BCUT2D eigenvalue weighted by Crippen LogP contribution is 2.36. The van der Waals surface area contributed by atoms with Gasteiger partial charge in [0, 0.05) is 25.2 Å². The number of hydrogen-bond donors (Lipinski definition) is 1. The predicted octanol–water partition coefficient (Wildman–Crippen LogP) is 2.38.